The first-order valence-corrected chi connectivity index (χ1v) is 4.00. The second kappa shape index (κ2) is 2.69. The first-order chi connectivity index (χ1) is 6.22. The maximum Gasteiger partial charge on any atom is 0.256 e. The van der Waals surface area contributed by atoms with Crippen LogP contribution in [0.4, 0.5) is 4.39 Å². The van der Waals surface area contributed by atoms with Crippen LogP contribution in [-0.2, 0) is 0 Å². The van der Waals surface area contributed by atoms with E-state index in [2.05, 4.69) is 5.32 Å². The van der Waals surface area contributed by atoms with Crippen molar-refractivity contribution in [3.63, 3.8) is 0 Å². The van der Waals surface area contributed by atoms with Crippen molar-refractivity contribution >= 4 is 11.6 Å². The number of amides is 1. The van der Waals surface area contributed by atoms with Gasteiger partial charge < -0.3 is 5.32 Å². The van der Waals surface area contributed by atoms with E-state index in [0.29, 0.717) is 16.8 Å². The van der Waals surface area contributed by atoms with Crippen LogP contribution in [0, 0.1) is 5.82 Å². The van der Waals surface area contributed by atoms with Gasteiger partial charge in [0.15, 0.2) is 0 Å². The van der Waals surface area contributed by atoms with Crippen LogP contribution in [0.25, 0.3) is 5.70 Å². The molecular formula is C10H8FNO. The molecule has 13 heavy (non-hydrogen) atoms. The molecule has 0 fully saturated rings. The van der Waals surface area contributed by atoms with Crippen LogP contribution >= 0.6 is 0 Å². The third-order valence-electron chi connectivity index (χ3n) is 2.05. The fourth-order valence-corrected chi connectivity index (χ4v) is 1.42. The molecule has 0 spiro atoms. The average molecular weight is 177 g/mol. The van der Waals surface area contributed by atoms with Crippen molar-refractivity contribution in [2.24, 2.45) is 0 Å². The summed E-state index contributed by atoms with van der Waals surface area (Å²) in [6.45, 7) is 1.80. The molecule has 0 saturated carbocycles. The second-order valence-corrected chi connectivity index (χ2v) is 2.85. The fraction of sp³-hybridized carbons (Fsp3) is 0.100. The SMILES string of the molecule is C/C=C1/NC(=O)c2ccc(F)cc21. The van der Waals surface area contributed by atoms with Gasteiger partial charge in [-0.3, -0.25) is 4.79 Å². The monoisotopic (exact) mass is 177 g/mol. The van der Waals surface area contributed by atoms with Crippen LogP contribution in [0.5, 0.6) is 0 Å². The Bertz CT molecular complexity index is 409. The van der Waals surface area contributed by atoms with Gasteiger partial charge in [-0.1, -0.05) is 6.08 Å². The highest BCUT2D eigenvalue weighted by Gasteiger charge is 2.22. The largest absolute Gasteiger partial charge is 0.322 e. The number of nitrogens with one attached hydrogen (secondary N) is 1. The predicted octanol–water partition coefficient (Wildman–Crippen LogP) is 1.93. The maximum atomic E-state index is 12.8. The zero-order valence-corrected chi connectivity index (χ0v) is 7.10. The fourth-order valence-electron chi connectivity index (χ4n) is 1.42. The lowest BCUT2D eigenvalue weighted by atomic mass is 10.1. The van der Waals surface area contributed by atoms with E-state index in [1.165, 1.54) is 18.2 Å². The van der Waals surface area contributed by atoms with E-state index in [1.807, 2.05) is 0 Å². The molecule has 2 nitrogen and oxygen atoms in total. The smallest absolute Gasteiger partial charge is 0.256 e. The lowest BCUT2D eigenvalue weighted by molar-refractivity contribution is 0.0981. The minimum atomic E-state index is -0.324. The highest BCUT2D eigenvalue weighted by Crippen LogP contribution is 2.24. The Morgan fingerprint density at radius 3 is 2.85 bits per heavy atom. The van der Waals surface area contributed by atoms with Crippen molar-refractivity contribution in [3.05, 3.63) is 41.2 Å². The lowest BCUT2D eigenvalue weighted by Gasteiger charge is -1.96. The molecule has 0 saturated heterocycles. The number of rotatable bonds is 0. The molecule has 1 aliphatic heterocycles. The van der Waals surface area contributed by atoms with Crippen molar-refractivity contribution < 1.29 is 9.18 Å². The van der Waals surface area contributed by atoms with Gasteiger partial charge in [-0.15, -0.1) is 0 Å². The van der Waals surface area contributed by atoms with E-state index in [4.69, 9.17) is 0 Å². The number of hydrogen-bond donors (Lipinski definition) is 1. The molecule has 0 radical (unpaired) electrons. The third kappa shape index (κ3) is 1.13. The number of benzene rings is 1. The molecule has 0 bridgehead atoms. The number of hydrogen-bond acceptors (Lipinski definition) is 1. The van der Waals surface area contributed by atoms with Crippen LogP contribution in [-0.4, -0.2) is 5.91 Å². The number of carbonyl (C=O) groups is 1. The van der Waals surface area contributed by atoms with Gasteiger partial charge >= 0.3 is 0 Å². The molecule has 3 heteroatoms. The second-order valence-electron chi connectivity index (χ2n) is 2.85. The van der Waals surface area contributed by atoms with E-state index in [-0.39, 0.29) is 11.7 Å². The molecule has 1 amide bonds. The van der Waals surface area contributed by atoms with E-state index < -0.39 is 0 Å². The summed E-state index contributed by atoms with van der Waals surface area (Å²) in [5.74, 6) is -0.488. The van der Waals surface area contributed by atoms with E-state index in [9.17, 15) is 9.18 Å². The molecule has 66 valence electrons. The average Bonchev–Trinajstić information content (AvgIpc) is 2.42. The first kappa shape index (κ1) is 7.98. The third-order valence-corrected chi connectivity index (χ3v) is 2.05. The normalized spacial score (nSPS) is 17.4. The molecule has 1 N–H and O–H groups in total. The van der Waals surface area contributed by atoms with Gasteiger partial charge in [0.1, 0.15) is 5.82 Å². The predicted molar refractivity (Wildman–Crippen MR) is 47.5 cm³/mol. The quantitative estimate of drug-likeness (QED) is 0.644. The minimum Gasteiger partial charge on any atom is -0.322 e. The molecule has 0 atom stereocenters. The van der Waals surface area contributed by atoms with Gasteiger partial charge in [-0.25, -0.2) is 4.39 Å². The zero-order chi connectivity index (χ0) is 9.42. The van der Waals surface area contributed by atoms with Crippen molar-refractivity contribution in [3.8, 4) is 0 Å². The molecule has 1 aliphatic rings. The zero-order valence-electron chi connectivity index (χ0n) is 7.10. The van der Waals surface area contributed by atoms with Gasteiger partial charge in [0.05, 0.1) is 0 Å². The standard InChI is InChI=1S/C10H8FNO/c1-2-9-8-5-6(11)3-4-7(8)10(13)12-9/h2-5H,1H3,(H,12,13)/b9-2+. The first-order valence-electron chi connectivity index (χ1n) is 4.00. The summed E-state index contributed by atoms with van der Waals surface area (Å²) < 4.78 is 12.8. The summed E-state index contributed by atoms with van der Waals surface area (Å²) >= 11 is 0. The Labute approximate surface area is 75.1 Å². The van der Waals surface area contributed by atoms with Gasteiger partial charge in [0.25, 0.3) is 5.91 Å². The highest BCUT2D eigenvalue weighted by atomic mass is 19.1. The van der Waals surface area contributed by atoms with Crippen LogP contribution in [0.1, 0.15) is 22.8 Å². The summed E-state index contributed by atoms with van der Waals surface area (Å²) in [6, 6.07) is 4.15. The molecule has 1 aromatic rings. The van der Waals surface area contributed by atoms with Crippen LogP contribution in [0.2, 0.25) is 0 Å². The summed E-state index contributed by atoms with van der Waals surface area (Å²) in [5.41, 5.74) is 1.86. The van der Waals surface area contributed by atoms with Gasteiger partial charge in [-0.2, -0.15) is 0 Å². The van der Waals surface area contributed by atoms with E-state index in [0.717, 1.165) is 0 Å². The highest BCUT2D eigenvalue weighted by molar-refractivity contribution is 6.09. The summed E-state index contributed by atoms with van der Waals surface area (Å²) in [5, 5.41) is 2.65. The number of halogens is 1. The topological polar surface area (TPSA) is 29.1 Å². The van der Waals surface area contributed by atoms with Gasteiger partial charge in [0.2, 0.25) is 0 Å². The van der Waals surface area contributed by atoms with Crippen LogP contribution in [0.3, 0.4) is 0 Å². The molecular weight excluding hydrogens is 169 g/mol. The number of fused-ring (bicyclic) bond motifs is 1. The van der Waals surface area contributed by atoms with Crippen molar-refractivity contribution in [2.75, 3.05) is 0 Å². The lowest BCUT2D eigenvalue weighted by Crippen LogP contribution is -2.11. The van der Waals surface area contributed by atoms with Crippen LogP contribution in [0.15, 0.2) is 24.3 Å². The van der Waals surface area contributed by atoms with Crippen LogP contribution < -0.4 is 5.32 Å². The van der Waals surface area contributed by atoms with Crippen molar-refractivity contribution in [1.29, 1.82) is 0 Å². The molecule has 0 aliphatic carbocycles. The molecule has 1 aromatic carbocycles. The molecule has 0 aromatic heterocycles. The Morgan fingerprint density at radius 2 is 2.15 bits per heavy atom. The Morgan fingerprint density at radius 1 is 1.38 bits per heavy atom. The Balaban J connectivity index is 2.66. The van der Waals surface area contributed by atoms with Gasteiger partial charge in [-0.05, 0) is 25.1 Å². The number of carbonyl (C=O) groups excluding carboxylic acids is 1. The maximum absolute atomic E-state index is 12.8. The Kier molecular flexibility index (Phi) is 1.65. The van der Waals surface area contributed by atoms with E-state index in [1.54, 1.807) is 13.0 Å². The summed E-state index contributed by atoms with van der Waals surface area (Å²) in [7, 11) is 0. The van der Waals surface area contributed by atoms with E-state index >= 15 is 0 Å². The van der Waals surface area contributed by atoms with Crippen molar-refractivity contribution in [1.82, 2.24) is 5.32 Å². The Hall–Kier alpha value is -1.64. The minimum absolute atomic E-state index is 0.164. The summed E-state index contributed by atoms with van der Waals surface area (Å²) in [6.07, 6.45) is 1.75. The molecule has 1 heterocycles. The molecule has 0 unspecified atom stereocenters. The summed E-state index contributed by atoms with van der Waals surface area (Å²) in [4.78, 5) is 11.3. The number of allylic oxidation sites excluding steroid dienone is 1. The molecule has 2 rings (SSSR count). The van der Waals surface area contributed by atoms with Gasteiger partial charge in [0, 0.05) is 16.8 Å². The van der Waals surface area contributed by atoms with Crippen molar-refractivity contribution in [2.45, 2.75) is 6.92 Å².